The molecule has 3 nitrogen and oxygen atoms in total. The van der Waals surface area contributed by atoms with Crippen molar-refractivity contribution in [1.29, 1.82) is 0 Å². The average Bonchev–Trinajstić information content (AvgIpc) is 2.37. The van der Waals surface area contributed by atoms with E-state index >= 15 is 0 Å². The molecule has 0 aliphatic heterocycles. The van der Waals surface area contributed by atoms with Crippen molar-refractivity contribution in [1.82, 2.24) is 9.97 Å². The highest BCUT2D eigenvalue weighted by molar-refractivity contribution is 9.10. The van der Waals surface area contributed by atoms with Crippen molar-refractivity contribution in [3.05, 3.63) is 46.4 Å². The molecule has 2 rings (SSSR count). The van der Waals surface area contributed by atoms with Gasteiger partial charge in [0.2, 0.25) is 0 Å². The first-order valence-electron chi connectivity index (χ1n) is 4.84. The molecular formula is C11H9BrFN3S. The van der Waals surface area contributed by atoms with Crippen molar-refractivity contribution >= 4 is 27.7 Å². The predicted molar refractivity (Wildman–Crippen MR) is 68.1 cm³/mol. The molecule has 0 aliphatic rings. The lowest BCUT2D eigenvalue weighted by Crippen LogP contribution is -1.99. The fourth-order valence-corrected chi connectivity index (χ4v) is 2.64. The molecule has 1 heterocycles. The maximum atomic E-state index is 14.0. The van der Waals surface area contributed by atoms with Gasteiger partial charge in [-0.05, 0) is 45.4 Å². The summed E-state index contributed by atoms with van der Waals surface area (Å²) in [5.41, 5.74) is 6.23. The summed E-state index contributed by atoms with van der Waals surface area (Å²) in [7, 11) is 0. The highest BCUT2D eigenvalue weighted by Gasteiger charge is 2.12. The fraction of sp³-hybridized carbons (Fsp3) is 0.0909. The molecule has 0 radical (unpaired) electrons. The summed E-state index contributed by atoms with van der Waals surface area (Å²) in [6.45, 7) is 0.296. The lowest BCUT2D eigenvalue weighted by atomic mass is 10.2. The van der Waals surface area contributed by atoms with Crippen LogP contribution in [0.15, 0.2) is 45.1 Å². The first kappa shape index (κ1) is 12.5. The molecule has 88 valence electrons. The molecule has 2 aromatic rings. The number of halogens is 2. The van der Waals surface area contributed by atoms with Crippen LogP contribution < -0.4 is 5.73 Å². The van der Waals surface area contributed by atoms with Crippen molar-refractivity contribution in [3.63, 3.8) is 0 Å². The summed E-state index contributed by atoms with van der Waals surface area (Å²) in [5, 5.41) is 0.513. The largest absolute Gasteiger partial charge is 0.326 e. The monoisotopic (exact) mass is 313 g/mol. The Morgan fingerprint density at radius 2 is 2.00 bits per heavy atom. The van der Waals surface area contributed by atoms with Crippen molar-refractivity contribution in [2.45, 2.75) is 16.6 Å². The SMILES string of the molecule is NCc1ccc(Sc2ncccn2)c(F)c1Br. The molecule has 0 spiro atoms. The Balaban J connectivity index is 2.32. The molecule has 6 heteroatoms. The summed E-state index contributed by atoms with van der Waals surface area (Å²) in [5.74, 6) is -0.328. The van der Waals surface area contributed by atoms with Gasteiger partial charge in [-0.1, -0.05) is 6.07 Å². The number of benzene rings is 1. The quantitative estimate of drug-likeness (QED) is 0.885. The molecule has 2 N–H and O–H groups in total. The Morgan fingerprint density at radius 3 is 2.65 bits per heavy atom. The molecule has 0 fully saturated rings. The van der Waals surface area contributed by atoms with E-state index < -0.39 is 0 Å². The van der Waals surface area contributed by atoms with Crippen LogP contribution in [0.1, 0.15) is 5.56 Å². The Hall–Kier alpha value is -0.980. The Bertz CT molecular complexity index is 522. The molecule has 0 saturated carbocycles. The van der Waals surface area contributed by atoms with Gasteiger partial charge < -0.3 is 5.73 Å². The highest BCUT2D eigenvalue weighted by Crippen LogP contribution is 2.32. The number of nitrogens with zero attached hydrogens (tertiary/aromatic N) is 2. The van der Waals surface area contributed by atoms with Crippen LogP contribution in [0.2, 0.25) is 0 Å². The standard InChI is InChI=1S/C11H9BrFN3S/c12-9-7(6-14)2-3-8(10(9)13)17-11-15-4-1-5-16-11/h1-5H,6,14H2. The van der Waals surface area contributed by atoms with Gasteiger partial charge in [-0.15, -0.1) is 0 Å². The molecule has 0 bridgehead atoms. The third-order valence-electron chi connectivity index (χ3n) is 2.09. The minimum absolute atomic E-state index is 0.296. The lowest BCUT2D eigenvalue weighted by Gasteiger charge is -2.07. The minimum atomic E-state index is -0.328. The third kappa shape index (κ3) is 2.83. The van der Waals surface area contributed by atoms with Crippen LogP contribution in [0.4, 0.5) is 4.39 Å². The first-order chi connectivity index (χ1) is 8.22. The van der Waals surface area contributed by atoms with Crippen LogP contribution in [0.25, 0.3) is 0 Å². The zero-order chi connectivity index (χ0) is 12.3. The van der Waals surface area contributed by atoms with E-state index in [0.717, 1.165) is 5.56 Å². The fourth-order valence-electron chi connectivity index (χ4n) is 1.24. The van der Waals surface area contributed by atoms with Gasteiger partial charge in [0, 0.05) is 18.9 Å². The molecule has 0 amide bonds. The van der Waals surface area contributed by atoms with Crippen molar-refractivity contribution < 1.29 is 4.39 Å². The molecule has 0 aliphatic carbocycles. The van der Waals surface area contributed by atoms with Crippen LogP contribution in [0.3, 0.4) is 0 Å². The van der Waals surface area contributed by atoms with E-state index in [2.05, 4.69) is 25.9 Å². The molecule has 17 heavy (non-hydrogen) atoms. The van der Waals surface area contributed by atoms with E-state index in [0.29, 0.717) is 21.1 Å². The highest BCUT2D eigenvalue weighted by atomic mass is 79.9. The van der Waals surface area contributed by atoms with Gasteiger partial charge in [0.15, 0.2) is 11.0 Å². The van der Waals surface area contributed by atoms with E-state index in [1.165, 1.54) is 11.8 Å². The summed E-state index contributed by atoms with van der Waals surface area (Å²) in [6.07, 6.45) is 3.24. The van der Waals surface area contributed by atoms with Gasteiger partial charge >= 0.3 is 0 Å². The van der Waals surface area contributed by atoms with Gasteiger partial charge in [0.1, 0.15) is 0 Å². The molecule has 0 atom stereocenters. The topological polar surface area (TPSA) is 51.8 Å². The second-order valence-corrected chi connectivity index (χ2v) is 4.99. The molecular weight excluding hydrogens is 305 g/mol. The van der Waals surface area contributed by atoms with Crippen LogP contribution in [-0.2, 0) is 6.54 Å². The summed E-state index contributed by atoms with van der Waals surface area (Å²) in [4.78, 5) is 8.54. The van der Waals surface area contributed by atoms with E-state index in [9.17, 15) is 4.39 Å². The van der Waals surface area contributed by atoms with Crippen molar-refractivity contribution in [2.75, 3.05) is 0 Å². The molecule has 1 aromatic carbocycles. The van der Waals surface area contributed by atoms with Crippen molar-refractivity contribution in [2.24, 2.45) is 5.73 Å². The smallest absolute Gasteiger partial charge is 0.192 e. The predicted octanol–water partition coefficient (Wildman–Crippen LogP) is 2.99. The third-order valence-corrected chi connectivity index (χ3v) is 3.88. The Morgan fingerprint density at radius 1 is 1.29 bits per heavy atom. The van der Waals surface area contributed by atoms with Crippen LogP contribution in [0.5, 0.6) is 0 Å². The maximum Gasteiger partial charge on any atom is 0.192 e. The van der Waals surface area contributed by atoms with E-state index in [4.69, 9.17) is 5.73 Å². The Labute approximate surface area is 111 Å². The minimum Gasteiger partial charge on any atom is -0.326 e. The number of hydrogen-bond donors (Lipinski definition) is 1. The van der Waals surface area contributed by atoms with Crippen LogP contribution in [-0.4, -0.2) is 9.97 Å². The average molecular weight is 314 g/mol. The maximum absolute atomic E-state index is 14.0. The summed E-state index contributed by atoms with van der Waals surface area (Å²) >= 11 is 4.37. The number of hydrogen-bond acceptors (Lipinski definition) is 4. The first-order valence-corrected chi connectivity index (χ1v) is 6.45. The van der Waals surface area contributed by atoms with Gasteiger partial charge in [0.05, 0.1) is 9.37 Å². The van der Waals surface area contributed by atoms with E-state index in [1.54, 1.807) is 30.6 Å². The zero-order valence-corrected chi connectivity index (χ0v) is 11.1. The van der Waals surface area contributed by atoms with E-state index in [-0.39, 0.29) is 5.82 Å². The number of rotatable bonds is 3. The second-order valence-electron chi connectivity index (χ2n) is 3.19. The lowest BCUT2D eigenvalue weighted by molar-refractivity contribution is 0.591. The Kier molecular flexibility index (Phi) is 4.09. The molecule has 0 unspecified atom stereocenters. The van der Waals surface area contributed by atoms with Gasteiger partial charge in [-0.25, -0.2) is 14.4 Å². The van der Waals surface area contributed by atoms with Gasteiger partial charge in [-0.2, -0.15) is 0 Å². The molecule has 1 aromatic heterocycles. The van der Waals surface area contributed by atoms with E-state index in [1.807, 2.05) is 0 Å². The number of nitrogens with two attached hydrogens (primary N) is 1. The van der Waals surface area contributed by atoms with Crippen molar-refractivity contribution in [3.8, 4) is 0 Å². The second kappa shape index (κ2) is 5.57. The summed E-state index contributed by atoms with van der Waals surface area (Å²) in [6, 6.07) is 5.19. The normalized spacial score (nSPS) is 10.5. The van der Waals surface area contributed by atoms with Gasteiger partial charge in [-0.3, -0.25) is 0 Å². The van der Waals surface area contributed by atoms with Crippen LogP contribution >= 0.6 is 27.7 Å². The molecule has 0 saturated heterocycles. The number of aromatic nitrogens is 2. The summed E-state index contributed by atoms with van der Waals surface area (Å²) < 4.78 is 14.4. The zero-order valence-electron chi connectivity index (χ0n) is 8.73. The van der Waals surface area contributed by atoms with Crippen LogP contribution in [0, 0.1) is 5.82 Å². The van der Waals surface area contributed by atoms with Gasteiger partial charge in [0.25, 0.3) is 0 Å².